The third kappa shape index (κ3) is 4.72. The largest absolute Gasteiger partial charge is 0.488 e. The van der Waals surface area contributed by atoms with Crippen LogP contribution in [0.2, 0.25) is 5.02 Å². The molecule has 0 bridgehead atoms. The number of barbiturate groups is 1. The Morgan fingerprint density at radius 1 is 0.912 bits per heavy atom. The van der Waals surface area contributed by atoms with Crippen molar-refractivity contribution in [1.82, 2.24) is 5.32 Å². The predicted molar refractivity (Wildman–Crippen MR) is 132 cm³/mol. The van der Waals surface area contributed by atoms with Crippen LogP contribution in [0.25, 0.3) is 6.08 Å². The molecule has 0 unspecified atom stereocenters. The van der Waals surface area contributed by atoms with Crippen LogP contribution >= 0.6 is 11.6 Å². The Morgan fingerprint density at radius 3 is 2.41 bits per heavy atom. The van der Waals surface area contributed by atoms with E-state index in [1.807, 2.05) is 32.0 Å². The predicted octanol–water partition coefficient (Wildman–Crippen LogP) is 5.51. The number of hydrogen-bond donors (Lipinski definition) is 1. The molecule has 1 aliphatic rings. The Morgan fingerprint density at radius 2 is 1.65 bits per heavy atom. The summed E-state index contributed by atoms with van der Waals surface area (Å²) in [6.45, 7) is 6.17. The molecular formula is C27H23ClN2O4. The number of para-hydroxylation sites is 1. The second-order valence-corrected chi connectivity index (χ2v) is 8.57. The van der Waals surface area contributed by atoms with Crippen LogP contribution in [0.4, 0.5) is 10.5 Å². The van der Waals surface area contributed by atoms with Gasteiger partial charge in [0.2, 0.25) is 0 Å². The van der Waals surface area contributed by atoms with Gasteiger partial charge in [-0.15, -0.1) is 0 Å². The van der Waals surface area contributed by atoms with Crippen molar-refractivity contribution in [2.45, 2.75) is 27.4 Å². The van der Waals surface area contributed by atoms with Gasteiger partial charge < -0.3 is 4.74 Å². The molecule has 0 atom stereocenters. The minimum absolute atomic E-state index is 0.179. The maximum absolute atomic E-state index is 13.3. The van der Waals surface area contributed by atoms with Crippen molar-refractivity contribution in [3.63, 3.8) is 0 Å². The van der Waals surface area contributed by atoms with E-state index in [0.29, 0.717) is 34.2 Å². The third-order valence-electron chi connectivity index (χ3n) is 5.70. The molecule has 0 saturated carbocycles. The lowest BCUT2D eigenvalue weighted by Gasteiger charge is -2.27. The van der Waals surface area contributed by atoms with Gasteiger partial charge in [-0.3, -0.25) is 14.9 Å². The number of urea groups is 1. The summed E-state index contributed by atoms with van der Waals surface area (Å²) in [5.41, 5.74) is 4.71. The molecule has 0 aromatic heterocycles. The van der Waals surface area contributed by atoms with Crippen LogP contribution in [0.15, 0.2) is 66.2 Å². The molecule has 4 amide bonds. The number of amides is 4. The molecule has 34 heavy (non-hydrogen) atoms. The summed E-state index contributed by atoms with van der Waals surface area (Å²) in [7, 11) is 0. The monoisotopic (exact) mass is 474 g/mol. The Balaban J connectivity index is 1.65. The van der Waals surface area contributed by atoms with Crippen molar-refractivity contribution in [1.29, 1.82) is 0 Å². The molecule has 0 aliphatic carbocycles. The first-order chi connectivity index (χ1) is 16.2. The van der Waals surface area contributed by atoms with Gasteiger partial charge in [-0.2, -0.15) is 0 Å². The molecule has 1 aliphatic heterocycles. The van der Waals surface area contributed by atoms with E-state index in [-0.39, 0.29) is 5.57 Å². The van der Waals surface area contributed by atoms with Crippen LogP contribution in [-0.4, -0.2) is 17.8 Å². The van der Waals surface area contributed by atoms with Gasteiger partial charge >= 0.3 is 6.03 Å². The topological polar surface area (TPSA) is 75.7 Å². The summed E-state index contributed by atoms with van der Waals surface area (Å²) in [5, 5.41) is 2.61. The van der Waals surface area contributed by atoms with Crippen molar-refractivity contribution >= 4 is 41.2 Å². The number of ether oxygens (including phenoxy) is 1. The first-order valence-corrected chi connectivity index (χ1v) is 11.1. The van der Waals surface area contributed by atoms with E-state index in [1.165, 1.54) is 23.3 Å². The zero-order chi connectivity index (χ0) is 24.4. The number of carbonyl (C=O) groups excluding carboxylic acids is 3. The Labute approximate surface area is 202 Å². The first-order valence-electron chi connectivity index (χ1n) is 10.7. The summed E-state index contributed by atoms with van der Waals surface area (Å²) in [6.07, 6.45) is 1.44. The van der Waals surface area contributed by atoms with Crippen LogP contribution in [0.5, 0.6) is 5.75 Å². The van der Waals surface area contributed by atoms with Gasteiger partial charge in [0.15, 0.2) is 0 Å². The zero-order valence-electron chi connectivity index (χ0n) is 19.0. The molecule has 7 heteroatoms. The highest BCUT2D eigenvalue weighted by Gasteiger charge is 2.37. The molecule has 1 saturated heterocycles. The fourth-order valence-electron chi connectivity index (χ4n) is 3.64. The van der Waals surface area contributed by atoms with E-state index in [9.17, 15) is 14.4 Å². The van der Waals surface area contributed by atoms with Crippen LogP contribution in [0, 0.1) is 20.8 Å². The number of halogens is 1. The van der Waals surface area contributed by atoms with Crippen molar-refractivity contribution in [3.8, 4) is 5.75 Å². The number of anilines is 1. The Hall–Kier alpha value is -3.90. The molecule has 4 rings (SSSR count). The van der Waals surface area contributed by atoms with Crippen LogP contribution in [0.1, 0.15) is 27.8 Å². The van der Waals surface area contributed by atoms with E-state index in [1.54, 1.807) is 37.3 Å². The summed E-state index contributed by atoms with van der Waals surface area (Å²) in [4.78, 5) is 39.3. The third-order valence-corrected chi connectivity index (χ3v) is 5.93. The first kappa shape index (κ1) is 23.3. The van der Waals surface area contributed by atoms with Crippen LogP contribution in [0.3, 0.4) is 0 Å². The minimum Gasteiger partial charge on any atom is -0.488 e. The lowest BCUT2D eigenvalue weighted by atomic mass is 10.0. The molecule has 1 fully saturated rings. The zero-order valence-corrected chi connectivity index (χ0v) is 19.8. The van der Waals surface area contributed by atoms with E-state index >= 15 is 0 Å². The van der Waals surface area contributed by atoms with Gasteiger partial charge in [0, 0.05) is 10.6 Å². The number of nitrogens with zero attached hydrogens (tertiary/aromatic N) is 1. The fraction of sp³-hybridized carbons (Fsp3) is 0.148. The quantitative estimate of drug-likeness (QED) is 0.390. The molecule has 0 radical (unpaired) electrons. The van der Waals surface area contributed by atoms with Crippen molar-refractivity contribution < 1.29 is 19.1 Å². The second-order valence-electron chi connectivity index (χ2n) is 8.13. The van der Waals surface area contributed by atoms with Gasteiger partial charge in [0.25, 0.3) is 11.8 Å². The van der Waals surface area contributed by atoms with Gasteiger partial charge in [-0.1, -0.05) is 54.1 Å². The SMILES string of the molecule is Cc1ccc(COc2ccccc2/C=C2\C(=O)NC(=O)N(c3cc(Cl)ccc3C)C2=O)cc1C. The van der Waals surface area contributed by atoms with E-state index in [0.717, 1.165) is 10.5 Å². The number of aryl methyl sites for hydroxylation is 3. The summed E-state index contributed by atoms with van der Waals surface area (Å²) in [6, 6.07) is 17.3. The highest BCUT2D eigenvalue weighted by atomic mass is 35.5. The van der Waals surface area contributed by atoms with E-state index in [2.05, 4.69) is 11.4 Å². The van der Waals surface area contributed by atoms with Gasteiger partial charge in [0.1, 0.15) is 17.9 Å². The molecule has 1 N–H and O–H groups in total. The second kappa shape index (κ2) is 9.53. The van der Waals surface area contributed by atoms with Gasteiger partial charge in [-0.25, -0.2) is 9.69 Å². The number of rotatable bonds is 5. The number of hydrogen-bond acceptors (Lipinski definition) is 4. The molecular weight excluding hydrogens is 452 g/mol. The number of imide groups is 2. The number of nitrogens with one attached hydrogen (secondary N) is 1. The highest BCUT2D eigenvalue weighted by Crippen LogP contribution is 2.29. The molecule has 6 nitrogen and oxygen atoms in total. The lowest BCUT2D eigenvalue weighted by Crippen LogP contribution is -2.54. The average Bonchev–Trinajstić information content (AvgIpc) is 2.80. The van der Waals surface area contributed by atoms with Crippen molar-refractivity contribution in [3.05, 3.63) is 99.1 Å². The minimum atomic E-state index is -0.822. The Bertz CT molecular complexity index is 1350. The highest BCUT2D eigenvalue weighted by molar-refractivity contribution is 6.39. The smallest absolute Gasteiger partial charge is 0.335 e. The number of benzene rings is 3. The molecule has 3 aromatic carbocycles. The Kier molecular flexibility index (Phi) is 6.52. The van der Waals surface area contributed by atoms with Crippen molar-refractivity contribution in [2.75, 3.05) is 4.90 Å². The summed E-state index contributed by atoms with van der Waals surface area (Å²) in [5.74, 6) is -0.991. The van der Waals surface area contributed by atoms with Gasteiger partial charge in [-0.05, 0) is 67.3 Å². The summed E-state index contributed by atoms with van der Waals surface area (Å²) >= 11 is 6.08. The van der Waals surface area contributed by atoms with E-state index in [4.69, 9.17) is 16.3 Å². The normalized spacial score (nSPS) is 15.0. The summed E-state index contributed by atoms with van der Waals surface area (Å²) < 4.78 is 6.01. The molecule has 1 heterocycles. The lowest BCUT2D eigenvalue weighted by molar-refractivity contribution is -0.122. The standard InChI is InChI=1S/C27H23ClN2O4/c1-16-8-10-19(12-18(16)3)15-34-24-7-5-4-6-20(24)13-22-25(31)29-27(33)30(26(22)32)23-14-21(28)11-9-17(23)2/h4-14H,15H2,1-3H3,(H,29,31,33)/b22-13+. The maximum Gasteiger partial charge on any atom is 0.335 e. The van der Waals surface area contributed by atoms with Crippen LogP contribution < -0.4 is 15.0 Å². The fourth-order valence-corrected chi connectivity index (χ4v) is 3.81. The molecule has 172 valence electrons. The maximum atomic E-state index is 13.3. The van der Waals surface area contributed by atoms with Crippen LogP contribution in [-0.2, 0) is 16.2 Å². The van der Waals surface area contributed by atoms with E-state index < -0.39 is 17.8 Å². The average molecular weight is 475 g/mol. The molecule has 0 spiro atoms. The molecule has 3 aromatic rings. The van der Waals surface area contributed by atoms with Gasteiger partial charge in [0.05, 0.1) is 5.69 Å². The van der Waals surface area contributed by atoms with Crippen molar-refractivity contribution in [2.24, 2.45) is 0 Å². The number of carbonyl (C=O) groups is 3.